The van der Waals surface area contributed by atoms with E-state index in [1.807, 2.05) is 24.3 Å². The molecular weight excluding hydrogens is 380 g/mol. The molecule has 1 rings (SSSR count). The molecule has 0 bridgehead atoms. The number of benzene rings is 1. The third-order valence-electron chi connectivity index (χ3n) is 6.07. The summed E-state index contributed by atoms with van der Waals surface area (Å²) in [4.78, 5) is 0. The topological polar surface area (TPSA) is 47.9 Å². The first kappa shape index (κ1) is 26.2. The number of ether oxygens (including phenoxy) is 2. The second kappa shape index (κ2) is 12.7. The SMILES string of the molecule is CCCCCCC[C@@H](OCc1ccc(OC)cc1)[C@@H](O)CO[Si](C)(C)C(C)(C)C. The van der Waals surface area contributed by atoms with Crippen LogP contribution in [0.4, 0.5) is 0 Å². The zero-order valence-corrected chi connectivity index (χ0v) is 20.8. The minimum absolute atomic E-state index is 0.131. The minimum atomic E-state index is -1.89. The van der Waals surface area contributed by atoms with Crippen LogP contribution in [0.1, 0.15) is 71.8 Å². The summed E-state index contributed by atoms with van der Waals surface area (Å²) in [5.74, 6) is 0.837. The summed E-state index contributed by atoms with van der Waals surface area (Å²) in [5.41, 5.74) is 1.08. The van der Waals surface area contributed by atoms with Crippen LogP contribution in [0.25, 0.3) is 0 Å². The van der Waals surface area contributed by atoms with E-state index < -0.39 is 14.4 Å². The molecule has 1 aromatic rings. The summed E-state index contributed by atoms with van der Waals surface area (Å²) in [6.45, 7) is 14.2. The third-order valence-corrected chi connectivity index (χ3v) is 10.6. The molecule has 4 nitrogen and oxygen atoms in total. The van der Waals surface area contributed by atoms with Gasteiger partial charge in [0.1, 0.15) is 11.9 Å². The average molecular weight is 425 g/mol. The summed E-state index contributed by atoms with van der Waals surface area (Å²) >= 11 is 0. The van der Waals surface area contributed by atoms with E-state index in [4.69, 9.17) is 13.9 Å². The summed E-state index contributed by atoms with van der Waals surface area (Å²) in [7, 11) is -0.224. The molecule has 0 aliphatic heterocycles. The molecule has 29 heavy (non-hydrogen) atoms. The highest BCUT2D eigenvalue weighted by atomic mass is 28.4. The maximum Gasteiger partial charge on any atom is 0.192 e. The highest BCUT2D eigenvalue weighted by Crippen LogP contribution is 2.36. The summed E-state index contributed by atoms with van der Waals surface area (Å²) in [6, 6.07) is 7.90. The Kier molecular flexibility index (Phi) is 11.5. The fourth-order valence-electron chi connectivity index (χ4n) is 2.88. The van der Waals surface area contributed by atoms with Crippen molar-refractivity contribution in [2.75, 3.05) is 13.7 Å². The van der Waals surface area contributed by atoms with Crippen LogP contribution < -0.4 is 4.74 Å². The molecule has 0 aromatic heterocycles. The molecule has 0 unspecified atom stereocenters. The molecule has 0 fully saturated rings. The van der Waals surface area contributed by atoms with Crippen LogP contribution in [-0.2, 0) is 15.8 Å². The van der Waals surface area contributed by atoms with E-state index in [1.54, 1.807) is 7.11 Å². The van der Waals surface area contributed by atoms with E-state index in [1.165, 1.54) is 25.7 Å². The second-order valence-corrected chi connectivity index (χ2v) is 14.3. The fraction of sp³-hybridized carbons (Fsp3) is 0.750. The largest absolute Gasteiger partial charge is 0.497 e. The molecule has 0 aliphatic rings. The van der Waals surface area contributed by atoms with Gasteiger partial charge in [-0.25, -0.2) is 0 Å². The minimum Gasteiger partial charge on any atom is -0.497 e. The van der Waals surface area contributed by atoms with Crippen molar-refractivity contribution in [2.24, 2.45) is 0 Å². The summed E-state index contributed by atoms with van der Waals surface area (Å²) in [6.07, 6.45) is 6.07. The van der Waals surface area contributed by atoms with Crippen molar-refractivity contribution < 1.29 is 19.0 Å². The number of aliphatic hydroxyl groups excluding tert-OH is 1. The van der Waals surface area contributed by atoms with Crippen molar-refractivity contribution in [2.45, 2.75) is 103 Å². The lowest BCUT2D eigenvalue weighted by Gasteiger charge is -2.37. The quantitative estimate of drug-likeness (QED) is 0.280. The first-order valence-electron chi connectivity index (χ1n) is 11.2. The van der Waals surface area contributed by atoms with Crippen LogP contribution in [0.3, 0.4) is 0 Å². The monoisotopic (exact) mass is 424 g/mol. The molecule has 5 heteroatoms. The van der Waals surface area contributed by atoms with Crippen LogP contribution in [0.15, 0.2) is 24.3 Å². The van der Waals surface area contributed by atoms with Crippen LogP contribution in [0, 0.1) is 0 Å². The van der Waals surface area contributed by atoms with Gasteiger partial charge in [0.2, 0.25) is 0 Å². The Bertz CT molecular complexity index is 551. The van der Waals surface area contributed by atoms with Gasteiger partial charge in [-0.2, -0.15) is 0 Å². The lowest BCUT2D eigenvalue weighted by molar-refractivity contribution is -0.0671. The molecule has 168 valence electrons. The van der Waals surface area contributed by atoms with Gasteiger partial charge in [-0.1, -0.05) is 71.9 Å². The smallest absolute Gasteiger partial charge is 0.192 e. The molecule has 0 spiro atoms. The van der Waals surface area contributed by atoms with Gasteiger partial charge in [0.25, 0.3) is 0 Å². The van der Waals surface area contributed by atoms with Crippen LogP contribution >= 0.6 is 0 Å². The van der Waals surface area contributed by atoms with E-state index in [0.29, 0.717) is 13.2 Å². The third kappa shape index (κ3) is 9.64. The lowest BCUT2D eigenvalue weighted by atomic mass is 10.0. The van der Waals surface area contributed by atoms with Gasteiger partial charge in [0.15, 0.2) is 8.32 Å². The molecule has 0 radical (unpaired) electrons. The Morgan fingerprint density at radius 2 is 1.62 bits per heavy atom. The lowest BCUT2D eigenvalue weighted by Crippen LogP contribution is -2.44. The zero-order chi connectivity index (χ0) is 21.9. The van der Waals surface area contributed by atoms with Crippen LogP contribution in [0.5, 0.6) is 5.75 Å². The molecule has 0 saturated heterocycles. The van der Waals surface area contributed by atoms with E-state index in [-0.39, 0.29) is 11.1 Å². The predicted octanol–water partition coefficient (Wildman–Crippen LogP) is 6.32. The van der Waals surface area contributed by atoms with E-state index in [9.17, 15) is 5.11 Å². The first-order chi connectivity index (χ1) is 13.6. The molecule has 0 aliphatic carbocycles. The van der Waals surface area contributed by atoms with Gasteiger partial charge in [0.05, 0.1) is 26.4 Å². The fourth-order valence-corrected chi connectivity index (χ4v) is 3.90. The standard InChI is InChI=1S/C24H44O4Si/c1-8-9-10-11-12-13-23(22(25)19-28-29(6,7)24(2,3)4)27-18-20-14-16-21(26-5)17-15-20/h14-17,22-23,25H,8-13,18-19H2,1-7H3/t22-,23+/m0/s1. The first-order valence-corrected chi connectivity index (χ1v) is 14.1. The van der Waals surface area contributed by atoms with Crippen molar-refractivity contribution in [1.82, 2.24) is 0 Å². The van der Waals surface area contributed by atoms with Crippen molar-refractivity contribution in [1.29, 1.82) is 0 Å². The zero-order valence-electron chi connectivity index (χ0n) is 19.8. The summed E-state index contributed by atoms with van der Waals surface area (Å²) in [5, 5.41) is 11.0. The molecule has 0 heterocycles. The Labute approximate surface area is 180 Å². The van der Waals surface area contributed by atoms with Crippen molar-refractivity contribution in [3.63, 3.8) is 0 Å². The van der Waals surface area contributed by atoms with Crippen molar-refractivity contribution in [3.8, 4) is 5.75 Å². The van der Waals surface area contributed by atoms with E-state index in [0.717, 1.165) is 24.2 Å². The Morgan fingerprint density at radius 3 is 2.17 bits per heavy atom. The highest BCUT2D eigenvalue weighted by molar-refractivity contribution is 6.74. The molecule has 0 amide bonds. The van der Waals surface area contributed by atoms with Gasteiger partial charge in [-0.3, -0.25) is 0 Å². The normalized spacial score (nSPS) is 14.6. The van der Waals surface area contributed by atoms with E-state index in [2.05, 4.69) is 40.8 Å². The summed E-state index contributed by atoms with van der Waals surface area (Å²) < 4.78 is 17.6. The molecule has 1 aromatic carbocycles. The van der Waals surface area contributed by atoms with Crippen LogP contribution in [-0.4, -0.2) is 39.3 Å². The second-order valence-electron chi connectivity index (χ2n) is 9.54. The number of aliphatic hydroxyl groups is 1. The van der Waals surface area contributed by atoms with Gasteiger partial charge in [-0.15, -0.1) is 0 Å². The van der Waals surface area contributed by atoms with Gasteiger partial charge >= 0.3 is 0 Å². The number of unbranched alkanes of at least 4 members (excludes halogenated alkanes) is 4. The maximum absolute atomic E-state index is 10.9. The van der Waals surface area contributed by atoms with Crippen molar-refractivity contribution >= 4 is 8.32 Å². The van der Waals surface area contributed by atoms with E-state index >= 15 is 0 Å². The highest BCUT2D eigenvalue weighted by Gasteiger charge is 2.38. The van der Waals surface area contributed by atoms with Crippen LogP contribution in [0.2, 0.25) is 18.1 Å². The molecule has 2 atom stereocenters. The predicted molar refractivity (Wildman–Crippen MR) is 124 cm³/mol. The number of hydrogen-bond donors (Lipinski definition) is 1. The Balaban J connectivity index is 2.64. The number of rotatable bonds is 14. The van der Waals surface area contributed by atoms with Gasteiger partial charge < -0.3 is 19.0 Å². The maximum atomic E-state index is 10.9. The molecule has 0 saturated carbocycles. The average Bonchev–Trinajstić information content (AvgIpc) is 2.67. The Hall–Kier alpha value is -0.883. The van der Waals surface area contributed by atoms with Gasteiger partial charge in [0, 0.05) is 0 Å². The van der Waals surface area contributed by atoms with Gasteiger partial charge in [-0.05, 0) is 42.2 Å². The Morgan fingerprint density at radius 1 is 1.00 bits per heavy atom. The molecular formula is C24H44O4Si. The number of methoxy groups -OCH3 is 1. The molecule has 1 N–H and O–H groups in total. The van der Waals surface area contributed by atoms with Crippen molar-refractivity contribution in [3.05, 3.63) is 29.8 Å². The number of hydrogen-bond acceptors (Lipinski definition) is 4.